The third kappa shape index (κ3) is 3.31. The first-order chi connectivity index (χ1) is 9.92. The molecule has 0 amide bonds. The van der Waals surface area contributed by atoms with Gasteiger partial charge in [-0.1, -0.05) is 6.92 Å². The van der Waals surface area contributed by atoms with Gasteiger partial charge in [0.25, 0.3) is 0 Å². The number of aromatic nitrogens is 2. The summed E-state index contributed by atoms with van der Waals surface area (Å²) in [6, 6.07) is 3.86. The summed E-state index contributed by atoms with van der Waals surface area (Å²) >= 11 is 7.62. The molecule has 0 aliphatic carbocycles. The lowest BCUT2D eigenvalue weighted by Crippen LogP contribution is -2.13. The lowest BCUT2D eigenvalue weighted by molar-refractivity contribution is -0.137. The molecule has 0 aliphatic heterocycles. The molecule has 0 fully saturated rings. The quantitative estimate of drug-likeness (QED) is 0.706. The minimum Gasteiger partial charge on any atom is -0.323 e. The number of thioether (sulfide) groups is 1. The van der Waals surface area contributed by atoms with Crippen molar-refractivity contribution in [3.8, 4) is 0 Å². The van der Waals surface area contributed by atoms with Crippen LogP contribution in [0.3, 0.4) is 0 Å². The molecule has 2 aromatic rings. The van der Waals surface area contributed by atoms with Crippen molar-refractivity contribution in [1.29, 1.82) is 0 Å². The summed E-state index contributed by atoms with van der Waals surface area (Å²) in [5, 5.41) is 0. The highest BCUT2D eigenvalue weighted by Crippen LogP contribution is 2.33. The van der Waals surface area contributed by atoms with Gasteiger partial charge in [0, 0.05) is 11.8 Å². The fraction of sp³-hybridized carbons (Fsp3) is 0.500. The normalized spacial score (nSPS) is 13.8. The molecular weight excluding hydrogens is 321 g/mol. The first-order valence-corrected chi connectivity index (χ1v) is 8.48. The molecule has 0 aliphatic rings. The lowest BCUT2D eigenvalue weighted by Gasteiger charge is -2.19. The predicted molar refractivity (Wildman–Crippen MR) is 82.0 cm³/mol. The van der Waals surface area contributed by atoms with Crippen LogP contribution in [0.4, 0.5) is 13.2 Å². The smallest absolute Gasteiger partial charge is 0.323 e. The summed E-state index contributed by atoms with van der Waals surface area (Å²) in [5.41, 5.74) is 0.373. The van der Waals surface area contributed by atoms with E-state index in [0.717, 1.165) is 24.3 Å². The standard InChI is InChI=1S/C14H16ClF3N2S/c1-3-10(8-21-2)20-12-5-4-9(14(16,17)18)6-11(12)19-13(20)7-15/h4-6,10H,3,7-8H2,1-2H3. The van der Waals surface area contributed by atoms with Crippen LogP contribution in [0, 0.1) is 0 Å². The van der Waals surface area contributed by atoms with E-state index in [0.29, 0.717) is 16.9 Å². The van der Waals surface area contributed by atoms with Gasteiger partial charge in [-0.05, 0) is 30.9 Å². The second-order valence-electron chi connectivity index (χ2n) is 4.75. The fourth-order valence-corrected chi connectivity index (χ4v) is 3.35. The van der Waals surface area contributed by atoms with Crippen molar-refractivity contribution >= 4 is 34.4 Å². The molecule has 1 heterocycles. The van der Waals surface area contributed by atoms with Crippen LogP contribution in [0.15, 0.2) is 18.2 Å². The molecule has 2 rings (SSSR count). The zero-order chi connectivity index (χ0) is 15.6. The van der Waals surface area contributed by atoms with Crippen LogP contribution >= 0.6 is 23.4 Å². The highest BCUT2D eigenvalue weighted by atomic mass is 35.5. The molecule has 0 bridgehead atoms. The van der Waals surface area contributed by atoms with Crippen LogP contribution in [0.25, 0.3) is 11.0 Å². The Morgan fingerprint density at radius 2 is 2.10 bits per heavy atom. The second-order valence-corrected chi connectivity index (χ2v) is 5.93. The van der Waals surface area contributed by atoms with Crippen LogP contribution in [-0.2, 0) is 12.1 Å². The molecule has 0 radical (unpaired) electrons. The first kappa shape index (κ1) is 16.5. The summed E-state index contributed by atoms with van der Waals surface area (Å²) in [6.07, 6.45) is -1.48. The van der Waals surface area contributed by atoms with Crippen molar-refractivity contribution in [2.24, 2.45) is 0 Å². The highest BCUT2D eigenvalue weighted by Gasteiger charge is 2.31. The maximum Gasteiger partial charge on any atom is 0.416 e. The Hall–Kier alpha value is -0.880. The molecule has 1 unspecified atom stereocenters. The Labute approximate surface area is 130 Å². The number of halogens is 4. The molecule has 21 heavy (non-hydrogen) atoms. The number of imidazole rings is 1. The van der Waals surface area contributed by atoms with Gasteiger partial charge in [0.05, 0.1) is 22.5 Å². The van der Waals surface area contributed by atoms with Gasteiger partial charge < -0.3 is 4.57 Å². The zero-order valence-corrected chi connectivity index (χ0v) is 13.3. The average Bonchev–Trinajstić information content (AvgIpc) is 2.81. The number of fused-ring (bicyclic) bond motifs is 1. The van der Waals surface area contributed by atoms with Crippen molar-refractivity contribution in [1.82, 2.24) is 9.55 Å². The number of hydrogen-bond acceptors (Lipinski definition) is 2. The molecule has 1 aromatic heterocycles. The zero-order valence-electron chi connectivity index (χ0n) is 11.7. The Bertz CT molecular complexity index is 624. The largest absolute Gasteiger partial charge is 0.416 e. The van der Waals surface area contributed by atoms with E-state index in [4.69, 9.17) is 11.6 Å². The van der Waals surface area contributed by atoms with Gasteiger partial charge in [-0.25, -0.2) is 4.98 Å². The summed E-state index contributed by atoms with van der Waals surface area (Å²) in [5.74, 6) is 1.67. The Morgan fingerprint density at radius 3 is 2.62 bits per heavy atom. The van der Waals surface area contributed by atoms with E-state index in [1.165, 1.54) is 6.07 Å². The van der Waals surface area contributed by atoms with Gasteiger partial charge in [0.15, 0.2) is 0 Å². The number of rotatable bonds is 5. The molecule has 0 saturated carbocycles. The monoisotopic (exact) mass is 336 g/mol. The third-order valence-electron chi connectivity index (χ3n) is 3.40. The van der Waals surface area contributed by atoms with Gasteiger partial charge in [-0.3, -0.25) is 0 Å². The molecule has 0 saturated heterocycles. The van der Waals surface area contributed by atoms with E-state index in [9.17, 15) is 13.2 Å². The second kappa shape index (κ2) is 6.48. The maximum absolute atomic E-state index is 12.8. The van der Waals surface area contributed by atoms with Crippen LogP contribution in [0.5, 0.6) is 0 Å². The van der Waals surface area contributed by atoms with Gasteiger partial charge in [0.2, 0.25) is 0 Å². The SMILES string of the molecule is CCC(CSC)n1c(CCl)nc2cc(C(F)(F)F)ccc21. The van der Waals surface area contributed by atoms with E-state index in [1.54, 1.807) is 11.8 Å². The molecule has 116 valence electrons. The van der Waals surface area contributed by atoms with Gasteiger partial charge >= 0.3 is 6.18 Å². The molecule has 7 heteroatoms. The van der Waals surface area contributed by atoms with Crippen LogP contribution in [-0.4, -0.2) is 21.6 Å². The Balaban J connectivity index is 2.59. The molecule has 0 N–H and O–H groups in total. The van der Waals surface area contributed by atoms with E-state index < -0.39 is 11.7 Å². The van der Waals surface area contributed by atoms with Gasteiger partial charge in [-0.15, -0.1) is 11.6 Å². The van der Waals surface area contributed by atoms with Crippen LogP contribution in [0.2, 0.25) is 0 Å². The average molecular weight is 337 g/mol. The van der Waals surface area contributed by atoms with E-state index in [-0.39, 0.29) is 11.9 Å². The highest BCUT2D eigenvalue weighted by molar-refractivity contribution is 7.98. The summed E-state index contributed by atoms with van der Waals surface area (Å²) < 4.78 is 40.3. The molecule has 0 spiro atoms. The number of benzene rings is 1. The summed E-state index contributed by atoms with van der Waals surface area (Å²) in [7, 11) is 0. The number of nitrogens with zero attached hydrogens (tertiary/aromatic N) is 2. The molecule has 2 nitrogen and oxygen atoms in total. The third-order valence-corrected chi connectivity index (χ3v) is 4.36. The molecule has 1 atom stereocenters. The lowest BCUT2D eigenvalue weighted by atomic mass is 10.2. The predicted octanol–water partition coefficient (Wildman–Crippen LogP) is 5.11. The molecular formula is C14H16ClF3N2S. The first-order valence-electron chi connectivity index (χ1n) is 6.55. The maximum atomic E-state index is 12.8. The minimum atomic E-state index is -4.36. The summed E-state index contributed by atoms with van der Waals surface area (Å²) in [4.78, 5) is 4.28. The Kier molecular flexibility index (Phi) is 5.09. The number of alkyl halides is 4. The van der Waals surface area contributed by atoms with E-state index in [2.05, 4.69) is 11.9 Å². The van der Waals surface area contributed by atoms with E-state index >= 15 is 0 Å². The fourth-order valence-electron chi connectivity index (χ4n) is 2.39. The van der Waals surface area contributed by atoms with Crippen molar-refractivity contribution in [2.45, 2.75) is 31.4 Å². The van der Waals surface area contributed by atoms with Crippen molar-refractivity contribution in [3.05, 3.63) is 29.6 Å². The molecule has 1 aromatic carbocycles. The van der Waals surface area contributed by atoms with Gasteiger partial charge in [0.1, 0.15) is 5.82 Å². The topological polar surface area (TPSA) is 17.8 Å². The van der Waals surface area contributed by atoms with Crippen LogP contribution in [0.1, 0.15) is 30.8 Å². The van der Waals surface area contributed by atoms with Crippen molar-refractivity contribution in [2.75, 3.05) is 12.0 Å². The van der Waals surface area contributed by atoms with Crippen molar-refractivity contribution < 1.29 is 13.2 Å². The van der Waals surface area contributed by atoms with E-state index in [1.807, 2.05) is 10.8 Å². The summed E-state index contributed by atoms with van der Waals surface area (Å²) in [6.45, 7) is 2.05. The van der Waals surface area contributed by atoms with Crippen molar-refractivity contribution in [3.63, 3.8) is 0 Å². The van der Waals surface area contributed by atoms with Crippen LogP contribution < -0.4 is 0 Å². The Morgan fingerprint density at radius 1 is 1.38 bits per heavy atom. The number of hydrogen-bond donors (Lipinski definition) is 0. The minimum absolute atomic E-state index is 0.176. The van der Waals surface area contributed by atoms with Gasteiger partial charge in [-0.2, -0.15) is 24.9 Å².